The lowest BCUT2D eigenvalue weighted by molar-refractivity contribution is -0.133. The molecule has 0 spiro atoms. The Labute approximate surface area is 237 Å². The Morgan fingerprint density at radius 1 is 0.950 bits per heavy atom. The van der Waals surface area contributed by atoms with Crippen LogP contribution in [0, 0.1) is 17.7 Å². The number of piperazine rings is 1. The Kier molecular flexibility index (Phi) is 8.44. The van der Waals surface area contributed by atoms with Crippen LogP contribution in [0.4, 0.5) is 4.39 Å². The molecule has 6 rings (SSSR count). The fourth-order valence-corrected chi connectivity index (χ4v) is 7.90. The zero-order valence-corrected chi connectivity index (χ0v) is 23.5. The van der Waals surface area contributed by atoms with Crippen LogP contribution in [0.5, 0.6) is 0 Å². The zero-order valence-electron chi connectivity index (χ0n) is 23.5. The van der Waals surface area contributed by atoms with Crippen molar-refractivity contribution in [1.82, 2.24) is 24.6 Å². The average molecular weight is 548 g/mol. The highest BCUT2D eigenvalue weighted by Crippen LogP contribution is 2.43. The van der Waals surface area contributed by atoms with Crippen LogP contribution in [0.25, 0.3) is 0 Å². The van der Waals surface area contributed by atoms with E-state index in [0.29, 0.717) is 55.1 Å². The van der Waals surface area contributed by atoms with Gasteiger partial charge in [-0.1, -0.05) is 18.2 Å². The molecule has 5 heterocycles. The van der Waals surface area contributed by atoms with Crippen LogP contribution in [0.2, 0.25) is 0 Å². The number of hydrogen-bond acceptors (Lipinski definition) is 5. The number of aromatic nitrogens is 1. The Morgan fingerprint density at radius 3 is 2.52 bits per heavy atom. The minimum Gasteiger partial charge on any atom is -0.340 e. The normalized spacial score (nSPS) is 27.3. The van der Waals surface area contributed by atoms with Gasteiger partial charge in [0.2, 0.25) is 5.91 Å². The fraction of sp³-hybridized carbons (Fsp3) is 0.594. The first-order valence-electron chi connectivity index (χ1n) is 15.3. The number of hydrogen-bond donors (Lipinski definition) is 0. The number of rotatable bonds is 7. The average Bonchev–Trinajstić information content (AvgIpc) is 3.00. The lowest BCUT2D eigenvalue weighted by Gasteiger charge is -2.57. The molecule has 4 aliphatic rings. The predicted octanol–water partition coefficient (Wildman–Crippen LogP) is 4.05. The van der Waals surface area contributed by atoms with Crippen molar-refractivity contribution in [2.24, 2.45) is 11.8 Å². The minimum absolute atomic E-state index is 0.0940. The highest BCUT2D eigenvalue weighted by Gasteiger charge is 2.49. The minimum atomic E-state index is -0.166. The molecule has 0 radical (unpaired) electrons. The summed E-state index contributed by atoms with van der Waals surface area (Å²) >= 11 is 0. The molecule has 0 aliphatic carbocycles. The van der Waals surface area contributed by atoms with Crippen molar-refractivity contribution in [3.05, 3.63) is 65.7 Å². The van der Waals surface area contributed by atoms with Gasteiger partial charge < -0.3 is 9.80 Å². The molecule has 1 aromatic carbocycles. The number of carbonyl (C=O) groups is 2. The third kappa shape index (κ3) is 5.79. The maximum atomic E-state index is 14.1. The molecule has 0 saturated carbocycles. The summed E-state index contributed by atoms with van der Waals surface area (Å²) in [6.07, 6.45) is 10.4. The maximum absolute atomic E-state index is 14.1. The van der Waals surface area contributed by atoms with E-state index in [1.165, 1.54) is 38.4 Å². The van der Waals surface area contributed by atoms with E-state index in [-0.39, 0.29) is 23.7 Å². The SMILES string of the molecule is O=C(CCC[C@@H]1[C@H]2CCCN3CCC[C@@H](CN1C(=O)c1cccnc1)[C@@H]23)N1CCN(Cc2ccccc2F)CC1. The van der Waals surface area contributed by atoms with Crippen molar-refractivity contribution in [2.75, 3.05) is 45.8 Å². The summed E-state index contributed by atoms with van der Waals surface area (Å²) in [5, 5.41) is 0. The van der Waals surface area contributed by atoms with E-state index in [4.69, 9.17) is 0 Å². The standard InChI is InChI=1S/C32H42FN5O2/c33-28-11-2-1-7-25(28)22-35-17-19-36(20-18-35)30(39)13-3-12-29-27-10-6-16-37-15-5-9-26(31(27)37)23-38(29)32(40)24-8-4-14-34-21-24/h1-2,4,7-8,11,14,21,26-27,29,31H,3,5-6,9-10,12-13,15-20,22-23H2/t26-,27+,29+,31-/m0/s1. The highest BCUT2D eigenvalue weighted by atomic mass is 19.1. The Bertz CT molecular complexity index is 1170. The first-order chi connectivity index (χ1) is 19.6. The third-order valence-corrected chi connectivity index (χ3v) is 9.81. The molecule has 0 N–H and O–H groups in total. The van der Waals surface area contributed by atoms with E-state index in [0.717, 1.165) is 38.9 Å². The largest absolute Gasteiger partial charge is 0.340 e. The summed E-state index contributed by atoms with van der Waals surface area (Å²) in [5.41, 5.74) is 1.38. The molecule has 2 amide bonds. The number of amides is 2. The third-order valence-electron chi connectivity index (χ3n) is 9.81. The summed E-state index contributed by atoms with van der Waals surface area (Å²) in [6.45, 7) is 6.65. The summed E-state index contributed by atoms with van der Waals surface area (Å²) in [4.78, 5) is 40.2. The quantitative estimate of drug-likeness (QED) is 0.524. The smallest absolute Gasteiger partial charge is 0.255 e. The second-order valence-electron chi connectivity index (χ2n) is 12.1. The van der Waals surface area contributed by atoms with Gasteiger partial charge in [-0.15, -0.1) is 0 Å². The number of nitrogens with zero attached hydrogens (tertiary/aromatic N) is 5. The zero-order chi connectivity index (χ0) is 27.5. The van der Waals surface area contributed by atoms with E-state index in [1.807, 2.05) is 29.2 Å². The molecule has 0 bridgehead atoms. The van der Waals surface area contributed by atoms with Crippen LogP contribution in [0.15, 0.2) is 48.8 Å². The van der Waals surface area contributed by atoms with Gasteiger partial charge in [-0.2, -0.15) is 0 Å². The lowest BCUT2D eigenvalue weighted by Crippen LogP contribution is -2.65. The number of benzene rings is 1. The van der Waals surface area contributed by atoms with Gasteiger partial charge in [0.05, 0.1) is 5.56 Å². The van der Waals surface area contributed by atoms with Gasteiger partial charge in [-0.05, 0) is 81.6 Å². The molecule has 8 heteroatoms. The van der Waals surface area contributed by atoms with Crippen LogP contribution < -0.4 is 0 Å². The molecule has 2 aromatic rings. The monoisotopic (exact) mass is 547 g/mol. The van der Waals surface area contributed by atoms with Gasteiger partial charge in [0.25, 0.3) is 5.91 Å². The molecular weight excluding hydrogens is 505 g/mol. The molecule has 0 unspecified atom stereocenters. The van der Waals surface area contributed by atoms with E-state index in [9.17, 15) is 14.0 Å². The number of halogens is 1. The van der Waals surface area contributed by atoms with E-state index >= 15 is 0 Å². The van der Waals surface area contributed by atoms with Crippen molar-refractivity contribution < 1.29 is 14.0 Å². The number of likely N-dealkylation sites (tertiary alicyclic amines) is 1. The topological polar surface area (TPSA) is 60.0 Å². The number of pyridine rings is 1. The van der Waals surface area contributed by atoms with E-state index in [1.54, 1.807) is 18.5 Å². The molecule has 4 aliphatic heterocycles. The first kappa shape index (κ1) is 27.3. The van der Waals surface area contributed by atoms with Crippen LogP contribution in [-0.2, 0) is 11.3 Å². The van der Waals surface area contributed by atoms with E-state index in [2.05, 4.69) is 19.7 Å². The van der Waals surface area contributed by atoms with Crippen LogP contribution in [0.3, 0.4) is 0 Å². The molecule has 40 heavy (non-hydrogen) atoms. The molecule has 4 fully saturated rings. The van der Waals surface area contributed by atoms with E-state index < -0.39 is 0 Å². The molecular formula is C32H42FN5O2. The Hall–Kier alpha value is -2.84. The van der Waals surface area contributed by atoms with Gasteiger partial charge in [0, 0.05) is 75.7 Å². The molecule has 1 aromatic heterocycles. The van der Waals surface area contributed by atoms with Gasteiger partial charge in [-0.25, -0.2) is 4.39 Å². The lowest BCUT2D eigenvalue weighted by atomic mass is 9.69. The summed E-state index contributed by atoms with van der Waals surface area (Å²) in [6, 6.07) is 11.4. The molecule has 7 nitrogen and oxygen atoms in total. The number of piperidine rings is 3. The van der Waals surface area contributed by atoms with Crippen molar-refractivity contribution in [2.45, 2.75) is 63.6 Å². The van der Waals surface area contributed by atoms with Crippen molar-refractivity contribution in [3.63, 3.8) is 0 Å². The molecule has 4 saturated heterocycles. The van der Waals surface area contributed by atoms with Crippen molar-refractivity contribution >= 4 is 11.8 Å². The van der Waals surface area contributed by atoms with Crippen LogP contribution in [-0.4, -0.2) is 94.3 Å². The van der Waals surface area contributed by atoms with Crippen molar-refractivity contribution in [1.29, 1.82) is 0 Å². The van der Waals surface area contributed by atoms with Gasteiger partial charge in [0.1, 0.15) is 5.82 Å². The highest BCUT2D eigenvalue weighted by molar-refractivity contribution is 5.94. The maximum Gasteiger partial charge on any atom is 0.255 e. The Balaban J connectivity index is 1.07. The second-order valence-corrected chi connectivity index (χ2v) is 12.1. The number of carbonyl (C=O) groups excluding carboxylic acids is 2. The summed E-state index contributed by atoms with van der Waals surface area (Å²) in [7, 11) is 0. The van der Waals surface area contributed by atoms with Crippen molar-refractivity contribution in [3.8, 4) is 0 Å². The van der Waals surface area contributed by atoms with Gasteiger partial charge >= 0.3 is 0 Å². The van der Waals surface area contributed by atoms with Gasteiger partial charge in [0.15, 0.2) is 0 Å². The predicted molar refractivity (Wildman–Crippen MR) is 152 cm³/mol. The molecule has 4 atom stereocenters. The summed E-state index contributed by atoms with van der Waals surface area (Å²) in [5.74, 6) is 1.15. The van der Waals surface area contributed by atoms with Crippen LogP contribution in [0.1, 0.15) is 60.9 Å². The first-order valence-corrected chi connectivity index (χ1v) is 15.3. The van der Waals surface area contributed by atoms with Gasteiger partial charge in [-0.3, -0.25) is 24.4 Å². The fourth-order valence-electron chi connectivity index (χ4n) is 7.90. The Morgan fingerprint density at radius 2 is 1.75 bits per heavy atom. The molecule has 214 valence electrons. The summed E-state index contributed by atoms with van der Waals surface area (Å²) < 4.78 is 14.1. The van der Waals surface area contributed by atoms with Crippen LogP contribution >= 0.6 is 0 Å². The second kappa shape index (κ2) is 12.4.